The standard InChI is InChI=1S/C25H22I6N4O8/c1-8(36)32-20-14(26)12(16(28)22(18(20)30)34(5)10(3)38)24(40)42-7-43-25(41)13-15(27)21(33-9(2)37)19(31)23(17(13)29)35(6)11(4)39/h7H2,1-6H3,(H,32,36)(H,33,37). The van der Waals surface area contributed by atoms with Crippen LogP contribution in [0.15, 0.2) is 0 Å². The van der Waals surface area contributed by atoms with E-state index in [4.69, 9.17) is 9.47 Å². The lowest BCUT2D eigenvalue weighted by Gasteiger charge is -2.24. The average Bonchev–Trinajstić information content (AvgIpc) is 2.88. The molecule has 0 radical (unpaired) electrons. The molecule has 0 unspecified atom stereocenters. The van der Waals surface area contributed by atoms with Crippen molar-refractivity contribution in [2.24, 2.45) is 0 Å². The van der Waals surface area contributed by atoms with E-state index >= 15 is 0 Å². The summed E-state index contributed by atoms with van der Waals surface area (Å²) in [6, 6.07) is 0. The Bertz CT molecular complexity index is 1450. The van der Waals surface area contributed by atoms with Gasteiger partial charge in [0, 0.05) is 41.8 Å². The molecule has 12 nitrogen and oxygen atoms in total. The predicted octanol–water partition coefficient (Wildman–Crippen LogP) is 6.17. The van der Waals surface area contributed by atoms with Gasteiger partial charge in [0.05, 0.1) is 55.3 Å². The number of halogens is 6. The van der Waals surface area contributed by atoms with Gasteiger partial charge in [-0.25, -0.2) is 9.59 Å². The Morgan fingerprint density at radius 1 is 0.558 bits per heavy atom. The first-order chi connectivity index (χ1) is 19.8. The van der Waals surface area contributed by atoms with E-state index in [1.165, 1.54) is 37.5 Å². The first-order valence-corrected chi connectivity index (χ1v) is 18.1. The first-order valence-electron chi connectivity index (χ1n) is 11.6. The zero-order chi connectivity index (χ0) is 33.1. The molecule has 0 bridgehead atoms. The number of rotatable bonds is 8. The second-order valence-corrected chi connectivity index (χ2v) is 15.1. The number of benzene rings is 2. The number of carbonyl (C=O) groups is 6. The van der Waals surface area contributed by atoms with E-state index in [9.17, 15) is 28.8 Å². The van der Waals surface area contributed by atoms with Crippen molar-refractivity contribution in [2.45, 2.75) is 27.7 Å². The lowest BCUT2D eigenvalue weighted by molar-refractivity contribution is -0.117. The summed E-state index contributed by atoms with van der Waals surface area (Å²) >= 11 is 11.7. The summed E-state index contributed by atoms with van der Waals surface area (Å²) in [7, 11) is 3.08. The van der Waals surface area contributed by atoms with Gasteiger partial charge in [-0.3, -0.25) is 19.2 Å². The molecule has 0 aliphatic rings. The number of amides is 4. The van der Waals surface area contributed by atoms with Crippen LogP contribution in [0.5, 0.6) is 0 Å². The van der Waals surface area contributed by atoms with Crippen LogP contribution in [0, 0.1) is 21.4 Å². The van der Waals surface area contributed by atoms with Crippen molar-refractivity contribution in [3.8, 4) is 0 Å². The number of nitrogens with one attached hydrogen (secondary N) is 2. The predicted molar refractivity (Wildman–Crippen MR) is 212 cm³/mol. The minimum atomic E-state index is -0.856. The SMILES string of the molecule is CC(=O)Nc1c(I)c(C(=O)OCOC(=O)c2c(I)c(NC(C)=O)c(I)c(N(C)C(C)=O)c2I)c(I)c(N(C)C(C)=O)c1I. The summed E-state index contributed by atoms with van der Waals surface area (Å²) in [5, 5.41) is 5.41. The number of carbonyl (C=O) groups excluding carboxylic acids is 6. The molecular weight excluding hydrogens is 1250 g/mol. The molecule has 232 valence electrons. The molecule has 2 aromatic carbocycles. The zero-order valence-electron chi connectivity index (χ0n) is 23.1. The van der Waals surface area contributed by atoms with Crippen molar-refractivity contribution in [2.75, 3.05) is 41.3 Å². The maximum atomic E-state index is 13.3. The number of hydrogen-bond acceptors (Lipinski definition) is 8. The number of nitrogens with zero attached hydrogens (tertiary/aromatic N) is 2. The molecule has 18 heteroatoms. The maximum Gasteiger partial charge on any atom is 0.343 e. The molecule has 4 amide bonds. The van der Waals surface area contributed by atoms with Gasteiger partial charge in [0.25, 0.3) is 0 Å². The summed E-state index contributed by atoms with van der Waals surface area (Å²) in [5.41, 5.74) is 1.60. The van der Waals surface area contributed by atoms with Gasteiger partial charge in [-0.15, -0.1) is 0 Å². The van der Waals surface area contributed by atoms with E-state index in [-0.39, 0.29) is 34.8 Å². The lowest BCUT2D eigenvalue weighted by atomic mass is 10.1. The highest BCUT2D eigenvalue weighted by Gasteiger charge is 2.31. The number of esters is 2. The second-order valence-electron chi connectivity index (χ2n) is 8.58. The van der Waals surface area contributed by atoms with Gasteiger partial charge < -0.3 is 29.9 Å². The molecule has 0 spiro atoms. The fourth-order valence-electron chi connectivity index (χ4n) is 3.42. The van der Waals surface area contributed by atoms with E-state index in [0.717, 1.165) is 0 Å². The largest absolute Gasteiger partial charge is 0.424 e. The third-order valence-electron chi connectivity index (χ3n) is 5.59. The summed E-state index contributed by atoms with van der Waals surface area (Å²) in [4.78, 5) is 77.6. The van der Waals surface area contributed by atoms with Crippen LogP contribution >= 0.6 is 136 Å². The van der Waals surface area contributed by atoms with Crippen LogP contribution < -0.4 is 20.4 Å². The van der Waals surface area contributed by atoms with Crippen molar-refractivity contribution < 1.29 is 38.2 Å². The summed E-state index contributed by atoms with van der Waals surface area (Å²) in [6.45, 7) is 4.60. The van der Waals surface area contributed by atoms with Gasteiger partial charge in [-0.1, -0.05) is 0 Å². The average molecular weight is 1270 g/mol. The molecule has 0 atom stereocenters. The van der Waals surface area contributed by atoms with Crippen LogP contribution in [0.4, 0.5) is 22.7 Å². The minimum Gasteiger partial charge on any atom is -0.424 e. The van der Waals surface area contributed by atoms with Crippen LogP contribution in [0.25, 0.3) is 0 Å². The normalized spacial score (nSPS) is 10.5. The third kappa shape index (κ3) is 8.92. The fraction of sp³-hybridized carbons (Fsp3) is 0.280. The van der Waals surface area contributed by atoms with Gasteiger partial charge in [0.1, 0.15) is 0 Å². The Morgan fingerprint density at radius 2 is 0.860 bits per heavy atom. The molecule has 43 heavy (non-hydrogen) atoms. The van der Waals surface area contributed by atoms with E-state index < -0.39 is 18.7 Å². The quantitative estimate of drug-likeness (QED) is 0.181. The molecule has 0 aliphatic carbocycles. The second kappa shape index (κ2) is 16.5. The highest BCUT2D eigenvalue weighted by molar-refractivity contribution is 14.1. The van der Waals surface area contributed by atoms with Crippen molar-refractivity contribution in [3.63, 3.8) is 0 Å². The van der Waals surface area contributed by atoms with Crippen LogP contribution in [0.1, 0.15) is 48.4 Å². The highest BCUT2D eigenvalue weighted by atomic mass is 127. The lowest BCUT2D eigenvalue weighted by Crippen LogP contribution is -2.28. The maximum absolute atomic E-state index is 13.3. The Kier molecular flexibility index (Phi) is 14.9. The van der Waals surface area contributed by atoms with E-state index in [1.54, 1.807) is 14.1 Å². The molecule has 0 aromatic heterocycles. The molecule has 0 fully saturated rings. The van der Waals surface area contributed by atoms with Gasteiger partial charge in [0.15, 0.2) is 0 Å². The number of ether oxygens (including phenoxy) is 2. The Balaban J connectivity index is 2.51. The van der Waals surface area contributed by atoms with Crippen molar-refractivity contribution >= 4 is 194 Å². The first kappa shape index (κ1) is 38.8. The monoisotopic (exact) mass is 1270 g/mol. The molecule has 2 N–H and O–H groups in total. The van der Waals surface area contributed by atoms with E-state index in [0.29, 0.717) is 44.2 Å². The topological polar surface area (TPSA) is 151 Å². The van der Waals surface area contributed by atoms with Gasteiger partial charge >= 0.3 is 11.9 Å². The van der Waals surface area contributed by atoms with Crippen LogP contribution in [0.3, 0.4) is 0 Å². The molecule has 0 saturated heterocycles. The minimum absolute atomic E-state index is 0.0706. The number of hydrogen-bond donors (Lipinski definition) is 2. The molecular formula is C25H22I6N4O8. The number of anilines is 4. The Morgan fingerprint density at radius 3 is 1.12 bits per heavy atom. The molecule has 0 saturated carbocycles. The van der Waals surface area contributed by atoms with Crippen LogP contribution in [-0.4, -0.2) is 56.5 Å². The zero-order valence-corrected chi connectivity index (χ0v) is 36.1. The van der Waals surface area contributed by atoms with Crippen LogP contribution in [-0.2, 0) is 28.7 Å². The van der Waals surface area contributed by atoms with Crippen molar-refractivity contribution in [1.29, 1.82) is 0 Å². The molecule has 0 heterocycles. The van der Waals surface area contributed by atoms with E-state index in [1.807, 2.05) is 136 Å². The summed E-state index contributed by atoms with van der Waals surface area (Å²) in [6.07, 6.45) is 0. The summed E-state index contributed by atoms with van der Waals surface area (Å²) in [5.74, 6) is -3.06. The molecule has 0 aliphatic heterocycles. The van der Waals surface area contributed by atoms with Gasteiger partial charge in [0.2, 0.25) is 30.4 Å². The Labute approximate surface area is 329 Å². The third-order valence-corrected chi connectivity index (χ3v) is 12.0. The van der Waals surface area contributed by atoms with E-state index in [2.05, 4.69) is 10.6 Å². The van der Waals surface area contributed by atoms with Gasteiger partial charge in [-0.05, 0) is 136 Å². The fourth-order valence-corrected chi connectivity index (χ4v) is 12.6. The molecule has 2 aromatic rings. The van der Waals surface area contributed by atoms with Crippen LogP contribution in [0.2, 0.25) is 0 Å². The van der Waals surface area contributed by atoms with Gasteiger partial charge in [-0.2, -0.15) is 0 Å². The Hall–Kier alpha value is -0.360. The van der Waals surface area contributed by atoms with Crippen molar-refractivity contribution in [3.05, 3.63) is 32.5 Å². The smallest absolute Gasteiger partial charge is 0.343 e. The highest BCUT2D eigenvalue weighted by Crippen LogP contribution is 2.42. The summed E-state index contributed by atoms with van der Waals surface area (Å²) < 4.78 is 13.3. The van der Waals surface area contributed by atoms with Crippen molar-refractivity contribution in [1.82, 2.24) is 0 Å². The molecule has 2 rings (SSSR count).